The van der Waals surface area contributed by atoms with Crippen LogP contribution >= 0.6 is 15.9 Å². The van der Waals surface area contributed by atoms with Crippen LogP contribution in [-0.4, -0.2) is 23.1 Å². The largest absolute Gasteiger partial charge is 0.507 e. The van der Waals surface area contributed by atoms with Crippen LogP contribution in [0.15, 0.2) is 16.6 Å². The first kappa shape index (κ1) is 18.5. The Bertz CT molecular complexity index is 431. The molecule has 0 aliphatic rings. The van der Waals surface area contributed by atoms with Crippen LogP contribution in [0, 0.1) is 18.8 Å². The third-order valence-electron chi connectivity index (χ3n) is 3.78. The Kier molecular flexibility index (Phi) is 7.75. The van der Waals surface area contributed by atoms with E-state index in [-0.39, 0.29) is 0 Å². The number of nitrogens with zero attached hydrogens (tertiary/aromatic N) is 1. The Morgan fingerprint density at radius 3 is 2.05 bits per heavy atom. The van der Waals surface area contributed by atoms with E-state index in [9.17, 15) is 5.11 Å². The molecule has 2 nitrogen and oxygen atoms in total. The van der Waals surface area contributed by atoms with Gasteiger partial charge in [0.1, 0.15) is 5.75 Å². The van der Waals surface area contributed by atoms with Gasteiger partial charge in [-0.2, -0.15) is 0 Å². The number of rotatable bonds is 8. The van der Waals surface area contributed by atoms with Crippen LogP contribution < -0.4 is 0 Å². The molecule has 3 heteroatoms. The third-order valence-corrected chi connectivity index (χ3v) is 4.24. The van der Waals surface area contributed by atoms with E-state index in [1.807, 2.05) is 19.1 Å². The summed E-state index contributed by atoms with van der Waals surface area (Å²) in [5.74, 6) is 1.87. The summed E-state index contributed by atoms with van der Waals surface area (Å²) in [5, 5.41) is 10.3. The smallest absolute Gasteiger partial charge is 0.123 e. The first-order chi connectivity index (χ1) is 9.79. The van der Waals surface area contributed by atoms with E-state index in [2.05, 4.69) is 48.5 Å². The maximum absolute atomic E-state index is 10.3. The SMILES string of the molecule is Cc1cc(Br)cc(CN(CCC(C)C)CCC(C)C)c1O. The van der Waals surface area contributed by atoms with Gasteiger partial charge in [-0.25, -0.2) is 0 Å². The van der Waals surface area contributed by atoms with Crippen molar-refractivity contribution < 1.29 is 5.11 Å². The molecule has 1 rings (SSSR count). The van der Waals surface area contributed by atoms with E-state index in [1.54, 1.807) is 0 Å². The van der Waals surface area contributed by atoms with Gasteiger partial charge in [0.2, 0.25) is 0 Å². The number of halogens is 1. The second kappa shape index (κ2) is 8.79. The summed E-state index contributed by atoms with van der Waals surface area (Å²) >= 11 is 3.53. The first-order valence-electron chi connectivity index (χ1n) is 8.00. The lowest BCUT2D eigenvalue weighted by Gasteiger charge is -2.25. The van der Waals surface area contributed by atoms with Gasteiger partial charge in [0.25, 0.3) is 0 Å². The van der Waals surface area contributed by atoms with Crippen LogP contribution in [0.4, 0.5) is 0 Å². The number of aryl methyl sites for hydroxylation is 1. The molecule has 21 heavy (non-hydrogen) atoms. The summed E-state index contributed by atoms with van der Waals surface area (Å²) in [6.45, 7) is 14.0. The fourth-order valence-electron chi connectivity index (χ4n) is 2.32. The second-order valence-corrected chi connectivity index (χ2v) is 7.79. The average Bonchev–Trinajstić information content (AvgIpc) is 2.37. The summed E-state index contributed by atoms with van der Waals surface area (Å²) in [4.78, 5) is 2.47. The highest BCUT2D eigenvalue weighted by Gasteiger charge is 2.13. The Morgan fingerprint density at radius 2 is 1.57 bits per heavy atom. The molecule has 0 aliphatic carbocycles. The van der Waals surface area contributed by atoms with Crippen molar-refractivity contribution >= 4 is 15.9 Å². The van der Waals surface area contributed by atoms with Crippen molar-refractivity contribution in [2.75, 3.05) is 13.1 Å². The third kappa shape index (κ3) is 6.84. The molecule has 0 bridgehead atoms. The summed E-state index contributed by atoms with van der Waals surface area (Å²) in [7, 11) is 0. The van der Waals surface area contributed by atoms with E-state index < -0.39 is 0 Å². The molecular weight excluding hydrogens is 326 g/mol. The number of phenols is 1. The maximum Gasteiger partial charge on any atom is 0.123 e. The van der Waals surface area contributed by atoms with Crippen molar-refractivity contribution in [2.45, 2.75) is 54.0 Å². The van der Waals surface area contributed by atoms with Gasteiger partial charge >= 0.3 is 0 Å². The molecule has 0 radical (unpaired) electrons. The summed E-state index contributed by atoms with van der Waals surface area (Å²) < 4.78 is 1.04. The zero-order valence-corrected chi connectivity index (χ0v) is 15.7. The molecule has 0 amide bonds. The molecule has 0 saturated carbocycles. The van der Waals surface area contributed by atoms with Crippen molar-refractivity contribution in [1.82, 2.24) is 4.90 Å². The number of benzene rings is 1. The minimum Gasteiger partial charge on any atom is -0.507 e. The molecule has 1 aromatic carbocycles. The molecule has 0 heterocycles. The van der Waals surface area contributed by atoms with Gasteiger partial charge in [-0.15, -0.1) is 0 Å². The normalized spacial score (nSPS) is 11.9. The number of aromatic hydroxyl groups is 1. The van der Waals surface area contributed by atoms with Crippen LogP contribution in [0.25, 0.3) is 0 Å². The van der Waals surface area contributed by atoms with E-state index in [0.29, 0.717) is 17.6 Å². The Labute approximate surface area is 138 Å². The van der Waals surface area contributed by atoms with Gasteiger partial charge in [-0.05, 0) is 62.4 Å². The van der Waals surface area contributed by atoms with Gasteiger partial charge in [-0.3, -0.25) is 4.90 Å². The minimum atomic E-state index is 0.442. The Balaban J connectivity index is 2.79. The molecule has 0 atom stereocenters. The molecule has 0 fully saturated rings. The molecule has 120 valence electrons. The lowest BCUT2D eigenvalue weighted by molar-refractivity contribution is 0.233. The Hall–Kier alpha value is -0.540. The summed E-state index contributed by atoms with van der Waals surface area (Å²) in [6.07, 6.45) is 2.40. The van der Waals surface area contributed by atoms with Crippen molar-refractivity contribution in [3.05, 3.63) is 27.7 Å². The summed E-state index contributed by atoms with van der Waals surface area (Å²) in [5.41, 5.74) is 1.96. The molecule has 0 unspecified atom stereocenters. The monoisotopic (exact) mass is 355 g/mol. The fourth-order valence-corrected chi connectivity index (χ4v) is 2.94. The van der Waals surface area contributed by atoms with Gasteiger partial charge in [0.15, 0.2) is 0 Å². The highest BCUT2D eigenvalue weighted by Crippen LogP contribution is 2.28. The molecule has 0 saturated heterocycles. The topological polar surface area (TPSA) is 23.5 Å². The van der Waals surface area contributed by atoms with Crippen LogP contribution in [0.5, 0.6) is 5.75 Å². The predicted octanol–water partition coefficient (Wildman–Crippen LogP) is 5.36. The number of hydrogen-bond donors (Lipinski definition) is 1. The lowest BCUT2D eigenvalue weighted by Crippen LogP contribution is -2.27. The number of hydrogen-bond acceptors (Lipinski definition) is 2. The average molecular weight is 356 g/mol. The molecule has 1 aromatic rings. The van der Waals surface area contributed by atoms with Crippen molar-refractivity contribution in [3.63, 3.8) is 0 Å². The van der Waals surface area contributed by atoms with E-state index >= 15 is 0 Å². The van der Waals surface area contributed by atoms with Gasteiger partial charge in [0, 0.05) is 16.6 Å². The van der Waals surface area contributed by atoms with Gasteiger partial charge in [0.05, 0.1) is 0 Å². The van der Waals surface area contributed by atoms with Crippen LogP contribution in [-0.2, 0) is 6.54 Å². The second-order valence-electron chi connectivity index (χ2n) is 6.87. The van der Waals surface area contributed by atoms with Crippen LogP contribution in [0.3, 0.4) is 0 Å². The number of phenolic OH excluding ortho intramolecular Hbond substituents is 1. The molecule has 0 spiro atoms. The van der Waals surface area contributed by atoms with Crippen molar-refractivity contribution in [1.29, 1.82) is 0 Å². The first-order valence-corrected chi connectivity index (χ1v) is 8.79. The molecule has 0 aliphatic heterocycles. The summed E-state index contributed by atoms with van der Waals surface area (Å²) in [6, 6.07) is 4.01. The molecule has 1 N–H and O–H groups in total. The minimum absolute atomic E-state index is 0.442. The van der Waals surface area contributed by atoms with E-state index in [0.717, 1.165) is 35.2 Å². The van der Waals surface area contributed by atoms with Crippen molar-refractivity contribution in [2.24, 2.45) is 11.8 Å². The lowest BCUT2D eigenvalue weighted by atomic mass is 10.1. The highest BCUT2D eigenvalue weighted by molar-refractivity contribution is 9.10. The van der Waals surface area contributed by atoms with E-state index in [4.69, 9.17) is 0 Å². The van der Waals surface area contributed by atoms with Gasteiger partial charge in [-0.1, -0.05) is 43.6 Å². The zero-order chi connectivity index (χ0) is 16.0. The molecule has 0 aromatic heterocycles. The standard InChI is InChI=1S/C18H30BrNO/c1-13(2)6-8-20(9-7-14(3)4)12-16-11-17(19)10-15(5)18(16)21/h10-11,13-14,21H,6-9,12H2,1-5H3. The van der Waals surface area contributed by atoms with Crippen molar-refractivity contribution in [3.8, 4) is 5.75 Å². The maximum atomic E-state index is 10.3. The fraction of sp³-hybridized carbons (Fsp3) is 0.667. The van der Waals surface area contributed by atoms with E-state index in [1.165, 1.54) is 12.8 Å². The predicted molar refractivity (Wildman–Crippen MR) is 94.7 cm³/mol. The highest BCUT2D eigenvalue weighted by atomic mass is 79.9. The Morgan fingerprint density at radius 1 is 1.05 bits per heavy atom. The van der Waals surface area contributed by atoms with Crippen LogP contribution in [0.2, 0.25) is 0 Å². The van der Waals surface area contributed by atoms with Crippen LogP contribution in [0.1, 0.15) is 51.7 Å². The molecular formula is C18H30BrNO. The van der Waals surface area contributed by atoms with Gasteiger partial charge < -0.3 is 5.11 Å². The quantitative estimate of drug-likeness (QED) is 0.678. The zero-order valence-electron chi connectivity index (χ0n) is 14.1.